The Kier molecular flexibility index (Phi) is 2.30. The van der Waals surface area contributed by atoms with Crippen LogP contribution in [-0.2, 0) is 12.1 Å². The van der Waals surface area contributed by atoms with Crippen LogP contribution in [-0.4, -0.2) is 8.07 Å². The maximum absolute atomic E-state index is 2.50. The molecular weight excluding hydrogens is 184 g/mol. The molecule has 1 heteroatoms. The van der Waals surface area contributed by atoms with Crippen molar-refractivity contribution in [1.29, 1.82) is 0 Å². The summed E-state index contributed by atoms with van der Waals surface area (Å²) >= 11 is 0. The zero-order valence-electron chi connectivity index (χ0n) is 9.72. The SMILES string of the molecule is CC(C)c1ccc2c(c1)C[Si](C)(C)C2. The molecule has 2 rings (SSSR count). The van der Waals surface area contributed by atoms with Crippen molar-refractivity contribution >= 4 is 8.07 Å². The third kappa shape index (κ3) is 1.78. The van der Waals surface area contributed by atoms with Crippen molar-refractivity contribution in [1.82, 2.24) is 0 Å². The number of benzene rings is 1. The molecule has 0 fully saturated rings. The van der Waals surface area contributed by atoms with Crippen molar-refractivity contribution in [3.63, 3.8) is 0 Å². The number of hydrogen-bond acceptors (Lipinski definition) is 0. The van der Waals surface area contributed by atoms with Gasteiger partial charge in [-0.3, -0.25) is 0 Å². The predicted molar refractivity (Wildman–Crippen MR) is 65.4 cm³/mol. The van der Waals surface area contributed by atoms with Gasteiger partial charge in [-0.05, 0) is 34.7 Å². The van der Waals surface area contributed by atoms with Gasteiger partial charge < -0.3 is 0 Å². The van der Waals surface area contributed by atoms with Gasteiger partial charge in [0.05, 0.1) is 8.07 Å². The van der Waals surface area contributed by atoms with E-state index in [9.17, 15) is 0 Å². The third-order valence-corrected chi connectivity index (χ3v) is 5.91. The normalized spacial score (nSPS) is 18.6. The lowest BCUT2D eigenvalue weighted by Gasteiger charge is -2.11. The number of rotatable bonds is 1. The van der Waals surface area contributed by atoms with Crippen LogP contribution in [0.3, 0.4) is 0 Å². The Bertz CT molecular complexity index is 350. The maximum Gasteiger partial charge on any atom is 0.0561 e. The van der Waals surface area contributed by atoms with Gasteiger partial charge in [0.25, 0.3) is 0 Å². The summed E-state index contributed by atoms with van der Waals surface area (Å²) in [5.41, 5.74) is 4.79. The fourth-order valence-electron chi connectivity index (χ4n) is 2.44. The fraction of sp³-hybridized carbons (Fsp3) is 0.538. The molecule has 0 nitrogen and oxygen atoms in total. The lowest BCUT2D eigenvalue weighted by atomic mass is 9.99. The molecule has 76 valence electrons. The van der Waals surface area contributed by atoms with E-state index >= 15 is 0 Å². The van der Waals surface area contributed by atoms with Crippen molar-refractivity contribution in [2.24, 2.45) is 0 Å². The molecule has 0 spiro atoms. The van der Waals surface area contributed by atoms with Crippen LogP contribution < -0.4 is 0 Å². The van der Waals surface area contributed by atoms with Gasteiger partial charge in [0.15, 0.2) is 0 Å². The molecule has 1 aromatic rings. The average Bonchev–Trinajstić information content (AvgIpc) is 2.36. The second-order valence-corrected chi connectivity index (χ2v) is 10.7. The molecule has 0 bridgehead atoms. The second-order valence-electron chi connectivity index (χ2n) is 5.70. The highest BCUT2D eigenvalue weighted by Crippen LogP contribution is 2.30. The summed E-state index contributed by atoms with van der Waals surface area (Å²) in [7, 11) is -0.903. The van der Waals surface area contributed by atoms with Gasteiger partial charge in [0.2, 0.25) is 0 Å². The minimum atomic E-state index is -0.903. The molecule has 1 heterocycles. The van der Waals surface area contributed by atoms with E-state index in [0.717, 1.165) is 0 Å². The van der Waals surface area contributed by atoms with Crippen molar-refractivity contribution in [3.05, 3.63) is 34.9 Å². The van der Waals surface area contributed by atoms with E-state index in [2.05, 4.69) is 45.1 Å². The molecule has 1 aromatic carbocycles. The van der Waals surface area contributed by atoms with E-state index in [0.29, 0.717) is 5.92 Å². The van der Waals surface area contributed by atoms with Crippen LogP contribution >= 0.6 is 0 Å². The van der Waals surface area contributed by atoms with Gasteiger partial charge in [-0.25, -0.2) is 0 Å². The van der Waals surface area contributed by atoms with Crippen LogP contribution in [0.1, 0.15) is 36.5 Å². The van der Waals surface area contributed by atoms with Gasteiger partial charge in [-0.1, -0.05) is 45.1 Å². The van der Waals surface area contributed by atoms with Crippen molar-refractivity contribution in [2.75, 3.05) is 0 Å². The minimum absolute atomic E-state index is 0.672. The fourth-order valence-corrected chi connectivity index (χ4v) is 5.30. The summed E-state index contributed by atoms with van der Waals surface area (Å²) in [4.78, 5) is 0. The van der Waals surface area contributed by atoms with Crippen LogP contribution in [0, 0.1) is 0 Å². The van der Waals surface area contributed by atoms with Gasteiger partial charge in [0, 0.05) is 0 Å². The van der Waals surface area contributed by atoms with Gasteiger partial charge in [0.1, 0.15) is 0 Å². The monoisotopic (exact) mass is 204 g/mol. The van der Waals surface area contributed by atoms with Gasteiger partial charge >= 0.3 is 0 Å². The maximum atomic E-state index is 2.50. The van der Waals surface area contributed by atoms with Crippen molar-refractivity contribution in [3.8, 4) is 0 Å². The molecule has 0 atom stereocenters. The molecule has 0 saturated carbocycles. The molecule has 1 aliphatic rings. The first-order valence-electron chi connectivity index (χ1n) is 5.60. The van der Waals surface area contributed by atoms with Crippen LogP contribution in [0.15, 0.2) is 18.2 Å². The summed E-state index contributed by atoms with van der Waals surface area (Å²) < 4.78 is 0. The molecule has 14 heavy (non-hydrogen) atoms. The first-order valence-corrected chi connectivity index (χ1v) is 9.01. The molecule has 0 N–H and O–H groups in total. The number of fused-ring (bicyclic) bond motifs is 1. The summed E-state index contributed by atoms with van der Waals surface area (Å²) in [6.45, 7) is 9.56. The van der Waals surface area contributed by atoms with E-state index in [1.807, 2.05) is 0 Å². The van der Waals surface area contributed by atoms with Gasteiger partial charge in [-0.2, -0.15) is 0 Å². The largest absolute Gasteiger partial charge is 0.0689 e. The highest BCUT2D eigenvalue weighted by molar-refractivity contribution is 6.77. The molecule has 0 aliphatic carbocycles. The van der Waals surface area contributed by atoms with E-state index in [1.165, 1.54) is 17.7 Å². The Morgan fingerprint density at radius 2 is 1.71 bits per heavy atom. The quantitative estimate of drug-likeness (QED) is 0.612. The van der Waals surface area contributed by atoms with Crippen molar-refractivity contribution < 1.29 is 0 Å². The van der Waals surface area contributed by atoms with Crippen molar-refractivity contribution in [2.45, 2.75) is 44.9 Å². The van der Waals surface area contributed by atoms with Gasteiger partial charge in [-0.15, -0.1) is 0 Å². The molecule has 0 radical (unpaired) electrons. The topological polar surface area (TPSA) is 0 Å². The summed E-state index contributed by atoms with van der Waals surface area (Å²) in [5, 5.41) is 0. The predicted octanol–water partition coefficient (Wildman–Crippen LogP) is 3.70. The zero-order chi connectivity index (χ0) is 10.3. The molecule has 1 aliphatic heterocycles. The smallest absolute Gasteiger partial charge is 0.0561 e. The Hall–Kier alpha value is -0.563. The average molecular weight is 204 g/mol. The molecule has 0 unspecified atom stereocenters. The lowest BCUT2D eigenvalue weighted by Crippen LogP contribution is -2.26. The second kappa shape index (κ2) is 3.23. The van der Waals surface area contributed by atoms with Crippen LogP contribution in [0.25, 0.3) is 0 Å². The van der Waals surface area contributed by atoms with E-state index in [-0.39, 0.29) is 0 Å². The Labute approximate surface area is 88.4 Å². The first kappa shape index (κ1) is 9.97. The van der Waals surface area contributed by atoms with Crippen LogP contribution in [0.4, 0.5) is 0 Å². The van der Waals surface area contributed by atoms with E-state index < -0.39 is 8.07 Å². The Balaban J connectivity index is 2.36. The third-order valence-electron chi connectivity index (χ3n) is 3.23. The minimum Gasteiger partial charge on any atom is -0.0689 e. The highest BCUT2D eigenvalue weighted by atomic mass is 28.3. The molecule has 0 aromatic heterocycles. The molecule has 0 saturated heterocycles. The summed E-state index contributed by atoms with van der Waals surface area (Å²) in [6, 6.07) is 9.91. The summed E-state index contributed by atoms with van der Waals surface area (Å²) in [6.07, 6.45) is 0. The lowest BCUT2D eigenvalue weighted by molar-refractivity contribution is 0.864. The molecule has 0 amide bonds. The highest BCUT2D eigenvalue weighted by Gasteiger charge is 2.30. The Morgan fingerprint density at radius 3 is 2.36 bits per heavy atom. The van der Waals surface area contributed by atoms with Crippen LogP contribution in [0.2, 0.25) is 13.1 Å². The zero-order valence-corrected chi connectivity index (χ0v) is 10.7. The Morgan fingerprint density at radius 1 is 1.07 bits per heavy atom. The first-order chi connectivity index (χ1) is 6.48. The van der Waals surface area contributed by atoms with Crippen LogP contribution in [0.5, 0.6) is 0 Å². The van der Waals surface area contributed by atoms with E-state index in [1.54, 1.807) is 11.1 Å². The molecular formula is C13H20Si. The summed E-state index contributed by atoms with van der Waals surface area (Å²) in [5.74, 6) is 0.672. The number of hydrogen-bond donors (Lipinski definition) is 0. The standard InChI is InChI=1S/C13H20Si/c1-10(2)11-5-6-12-8-14(3,4)9-13(12)7-11/h5-7,10H,8-9H2,1-4H3. The van der Waals surface area contributed by atoms with E-state index in [4.69, 9.17) is 0 Å².